The lowest BCUT2D eigenvalue weighted by atomic mass is 10.0. The molecule has 2 aliphatic rings. The molecule has 0 saturated carbocycles. The Labute approximate surface area is 83.7 Å². The highest BCUT2D eigenvalue weighted by Crippen LogP contribution is 2.37. The fraction of sp³-hybridized carbons (Fsp3) is 0.545. The third-order valence-electron chi connectivity index (χ3n) is 3.00. The lowest BCUT2D eigenvalue weighted by Crippen LogP contribution is -2.44. The first-order valence-electron chi connectivity index (χ1n) is 4.73. The number of esters is 1. The second-order valence-electron chi connectivity index (χ2n) is 3.70. The summed E-state index contributed by atoms with van der Waals surface area (Å²) in [5, 5.41) is 0. The normalized spacial score (nSPS) is 34.4. The Kier molecular flexibility index (Phi) is 2.30. The molecule has 0 amide bonds. The van der Waals surface area contributed by atoms with Gasteiger partial charge in [-0.25, -0.2) is 0 Å². The van der Waals surface area contributed by atoms with Gasteiger partial charge in [-0.15, -0.1) is 6.42 Å². The minimum Gasteiger partial charge on any atom is -0.468 e. The number of carbonyl (C=O) groups is 1. The van der Waals surface area contributed by atoms with Gasteiger partial charge in [-0.3, -0.25) is 9.69 Å². The number of terminal acetylenes is 1. The summed E-state index contributed by atoms with van der Waals surface area (Å²) in [5.74, 6) is 2.71. The van der Waals surface area contributed by atoms with Crippen molar-refractivity contribution in [2.24, 2.45) is 5.92 Å². The molecule has 2 bridgehead atoms. The summed E-state index contributed by atoms with van der Waals surface area (Å²) in [6, 6.07) is 0.172. The van der Waals surface area contributed by atoms with Gasteiger partial charge in [0.05, 0.1) is 13.7 Å². The highest BCUT2D eigenvalue weighted by atomic mass is 16.5. The first-order chi connectivity index (χ1) is 6.77. The molecule has 3 nitrogen and oxygen atoms in total. The first kappa shape index (κ1) is 9.29. The Morgan fingerprint density at radius 1 is 1.71 bits per heavy atom. The van der Waals surface area contributed by atoms with E-state index in [-0.39, 0.29) is 12.0 Å². The van der Waals surface area contributed by atoms with E-state index in [1.54, 1.807) is 0 Å². The molecule has 2 rings (SSSR count). The van der Waals surface area contributed by atoms with Crippen LogP contribution in [0.4, 0.5) is 0 Å². The number of carbonyl (C=O) groups excluding carboxylic acids is 1. The Bertz CT molecular complexity index is 316. The van der Waals surface area contributed by atoms with Crippen LogP contribution in [0.2, 0.25) is 0 Å². The quantitative estimate of drug-likeness (QED) is 0.360. The van der Waals surface area contributed by atoms with Crippen molar-refractivity contribution in [3.8, 4) is 12.3 Å². The number of fused-ring (bicyclic) bond motifs is 2. The summed E-state index contributed by atoms with van der Waals surface area (Å²) in [7, 11) is 1.42. The van der Waals surface area contributed by atoms with Crippen LogP contribution in [-0.4, -0.2) is 36.6 Å². The molecule has 14 heavy (non-hydrogen) atoms. The van der Waals surface area contributed by atoms with Gasteiger partial charge in [-0.05, 0) is 6.42 Å². The number of hydrogen-bond donors (Lipinski definition) is 0. The molecule has 0 aromatic heterocycles. The van der Waals surface area contributed by atoms with Gasteiger partial charge in [0.2, 0.25) is 0 Å². The van der Waals surface area contributed by atoms with Crippen molar-refractivity contribution in [2.75, 3.05) is 13.7 Å². The average molecular weight is 191 g/mol. The molecule has 0 aromatic rings. The largest absolute Gasteiger partial charge is 0.468 e. The monoisotopic (exact) mass is 191 g/mol. The number of hydrogen-bond acceptors (Lipinski definition) is 3. The SMILES string of the molecule is C#CCN1[C@H]2C=C[C@H](C2)[C@@H]1C(=O)OC. The van der Waals surface area contributed by atoms with Gasteiger partial charge < -0.3 is 4.74 Å². The lowest BCUT2D eigenvalue weighted by molar-refractivity contribution is -0.147. The van der Waals surface area contributed by atoms with E-state index in [9.17, 15) is 4.79 Å². The lowest BCUT2D eigenvalue weighted by Gasteiger charge is -2.28. The average Bonchev–Trinajstić information content (AvgIpc) is 2.77. The van der Waals surface area contributed by atoms with Crippen molar-refractivity contribution in [3.05, 3.63) is 12.2 Å². The Morgan fingerprint density at radius 2 is 2.50 bits per heavy atom. The molecule has 1 fully saturated rings. The Balaban J connectivity index is 2.18. The van der Waals surface area contributed by atoms with Crippen LogP contribution in [0, 0.1) is 18.3 Å². The van der Waals surface area contributed by atoms with Gasteiger partial charge in [0, 0.05) is 12.0 Å². The third kappa shape index (κ3) is 1.23. The first-order valence-corrected chi connectivity index (χ1v) is 4.73. The summed E-state index contributed by atoms with van der Waals surface area (Å²) < 4.78 is 4.78. The maximum absolute atomic E-state index is 11.5. The summed E-state index contributed by atoms with van der Waals surface area (Å²) in [6.07, 6.45) is 10.5. The van der Waals surface area contributed by atoms with Crippen LogP contribution in [0.5, 0.6) is 0 Å². The summed E-state index contributed by atoms with van der Waals surface area (Å²) in [6.45, 7) is 0.519. The van der Waals surface area contributed by atoms with Gasteiger partial charge in [0.1, 0.15) is 6.04 Å². The Hall–Kier alpha value is -1.27. The van der Waals surface area contributed by atoms with Crippen LogP contribution in [0.25, 0.3) is 0 Å². The molecule has 0 radical (unpaired) electrons. The third-order valence-corrected chi connectivity index (χ3v) is 3.00. The number of methoxy groups -OCH3 is 1. The smallest absolute Gasteiger partial charge is 0.323 e. The van der Waals surface area contributed by atoms with Crippen molar-refractivity contribution in [1.29, 1.82) is 0 Å². The number of likely N-dealkylation sites (tertiary alicyclic amines) is 1. The van der Waals surface area contributed by atoms with E-state index < -0.39 is 0 Å². The zero-order chi connectivity index (χ0) is 10.1. The zero-order valence-corrected chi connectivity index (χ0v) is 8.14. The molecule has 1 heterocycles. The molecule has 0 N–H and O–H groups in total. The number of nitrogens with zero attached hydrogens (tertiary/aromatic N) is 1. The van der Waals surface area contributed by atoms with Crippen LogP contribution in [-0.2, 0) is 9.53 Å². The van der Waals surface area contributed by atoms with Gasteiger partial charge in [-0.1, -0.05) is 18.1 Å². The molecular weight excluding hydrogens is 178 g/mol. The van der Waals surface area contributed by atoms with Crippen LogP contribution >= 0.6 is 0 Å². The van der Waals surface area contributed by atoms with Crippen molar-refractivity contribution < 1.29 is 9.53 Å². The molecule has 3 atom stereocenters. The number of ether oxygens (including phenoxy) is 1. The Morgan fingerprint density at radius 3 is 3.14 bits per heavy atom. The molecule has 1 aliphatic heterocycles. The molecule has 1 saturated heterocycles. The van der Waals surface area contributed by atoms with Crippen LogP contribution in [0.3, 0.4) is 0 Å². The van der Waals surface area contributed by atoms with Gasteiger partial charge in [0.15, 0.2) is 0 Å². The van der Waals surface area contributed by atoms with E-state index in [0.29, 0.717) is 18.5 Å². The van der Waals surface area contributed by atoms with Crippen LogP contribution < -0.4 is 0 Å². The molecular formula is C11H13NO2. The maximum atomic E-state index is 11.5. The van der Waals surface area contributed by atoms with E-state index >= 15 is 0 Å². The second-order valence-corrected chi connectivity index (χ2v) is 3.70. The number of rotatable bonds is 2. The minimum atomic E-state index is -0.169. The van der Waals surface area contributed by atoms with E-state index in [0.717, 1.165) is 6.42 Å². The molecule has 74 valence electrons. The molecule has 3 heteroatoms. The van der Waals surface area contributed by atoms with Gasteiger partial charge in [0.25, 0.3) is 0 Å². The molecule has 0 unspecified atom stereocenters. The topological polar surface area (TPSA) is 29.5 Å². The zero-order valence-electron chi connectivity index (χ0n) is 8.14. The van der Waals surface area contributed by atoms with Crippen molar-refractivity contribution in [3.63, 3.8) is 0 Å². The summed E-state index contributed by atoms with van der Waals surface area (Å²) in [4.78, 5) is 13.6. The van der Waals surface area contributed by atoms with Crippen LogP contribution in [0.15, 0.2) is 12.2 Å². The summed E-state index contributed by atoms with van der Waals surface area (Å²) in [5.41, 5.74) is 0. The summed E-state index contributed by atoms with van der Waals surface area (Å²) >= 11 is 0. The van der Waals surface area contributed by atoms with E-state index in [2.05, 4.69) is 18.1 Å². The molecule has 0 spiro atoms. The van der Waals surface area contributed by atoms with Gasteiger partial charge in [-0.2, -0.15) is 0 Å². The fourth-order valence-corrected chi connectivity index (χ4v) is 2.39. The van der Waals surface area contributed by atoms with Crippen molar-refractivity contribution in [2.45, 2.75) is 18.5 Å². The standard InChI is InChI=1S/C11H13NO2/c1-3-6-12-9-5-4-8(7-9)10(12)11(13)14-2/h1,4-5,8-10H,6-7H2,2H3/t8-,9+,10-/m1/s1. The van der Waals surface area contributed by atoms with Gasteiger partial charge >= 0.3 is 5.97 Å². The van der Waals surface area contributed by atoms with Crippen LogP contribution in [0.1, 0.15) is 6.42 Å². The predicted octanol–water partition coefficient (Wildman–Crippen LogP) is 0.421. The van der Waals surface area contributed by atoms with E-state index in [4.69, 9.17) is 11.2 Å². The fourth-order valence-electron chi connectivity index (χ4n) is 2.39. The maximum Gasteiger partial charge on any atom is 0.323 e. The highest BCUT2D eigenvalue weighted by molar-refractivity contribution is 5.77. The highest BCUT2D eigenvalue weighted by Gasteiger charge is 2.46. The predicted molar refractivity (Wildman–Crippen MR) is 52.4 cm³/mol. The second kappa shape index (κ2) is 3.47. The molecule has 1 aliphatic carbocycles. The minimum absolute atomic E-state index is 0.161. The molecule has 0 aromatic carbocycles. The van der Waals surface area contributed by atoms with Crippen molar-refractivity contribution in [1.82, 2.24) is 4.90 Å². The van der Waals surface area contributed by atoms with Crippen molar-refractivity contribution >= 4 is 5.97 Å². The van der Waals surface area contributed by atoms with E-state index in [1.807, 2.05) is 4.90 Å². The van der Waals surface area contributed by atoms with E-state index in [1.165, 1.54) is 7.11 Å².